The number of hydrogen-bond acceptors (Lipinski definition) is 2. The Bertz CT molecular complexity index is 2990. The van der Waals surface area contributed by atoms with Gasteiger partial charge >= 0.3 is 0 Å². The van der Waals surface area contributed by atoms with Gasteiger partial charge in [0.05, 0.1) is 16.4 Å². The predicted octanol–water partition coefficient (Wildman–Crippen LogP) is 13.0. The van der Waals surface area contributed by atoms with Crippen molar-refractivity contribution in [3.8, 4) is 11.1 Å². The van der Waals surface area contributed by atoms with Crippen molar-refractivity contribution in [1.29, 1.82) is 0 Å². The van der Waals surface area contributed by atoms with Gasteiger partial charge < -0.3 is 9.32 Å². The van der Waals surface area contributed by atoms with Crippen LogP contribution < -0.4 is 4.90 Å². The Kier molecular flexibility index (Phi) is 5.38. The van der Waals surface area contributed by atoms with Crippen molar-refractivity contribution in [2.45, 2.75) is 0 Å². The highest BCUT2D eigenvalue weighted by atomic mass is 16.3. The van der Waals surface area contributed by atoms with E-state index in [1.165, 1.54) is 59.9 Å². The van der Waals surface area contributed by atoms with Crippen LogP contribution in [0.4, 0.5) is 17.1 Å². The van der Waals surface area contributed by atoms with E-state index < -0.39 is 0 Å². The summed E-state index contributed by atoms with van der Waals surface area (Å²) in [6, 6.07) is 61.0. The van der Waals surface area contributed by atoms with Gasteiger partial charge in [-0.1, -0.05) is 103 Å². The molecular formula is C46H28N2O. The van der Waals surface area contributed by atoms with Crippen molar-refractivity contribution in [3.05, 3.63) is 170 Å². The first-order valence-electron chi connectivity index (χ1n) is 16.8. The molecule has 0 saturated carbocycles. The van der Waals surface area contributed by atoms with Gasteiger partial charge in [-0.25, -0.2) is 0 Å². The number of benzene rings is 8. The quantitative estimate of drug-likeness (QED) is 0.194. The maximum atomic E-state index is 6.81. The fourth-order valence-electron chi connectivity index (χ4n) is 8.07. The number of fused-ring (bicyclic) bond motifs is 11. The molecule has 0 amide bonds. The second kappa shape index (κ2) is 9.96. The smallest absolute Gasteiger partial charge is 0.213 e. The van der Waals surface area contributed by atoms with Crippen LogP contribution in [-0.4, -0.2) is 4.40 Å². The molecule has 0 aliphatic carbocycles. The number of anilines is 3. The van der Waals surface area contributed by atoms with Crippen LogP contribution in [0.5, 0.6) is 0 Å². The molecule has 0 spiro atoms. The monoisotopic (exact) mass is 624 g/mol. The van der Waals surface area contributed by atoms with Crippen LogP contribution >= 0.6 is 0 Å². The number of para-hydroxylation sites is 3. The zero-order valence-electron chi connectivity index (χ0n) is 26.5. The van der Waals surface area contributed by atoms with E-state index >= 15 is 0 Å². The van der Waals surface area contributed by atoms with E-state index in [1.54, 1.807) is 0 Å². The summed E-state index contributed by atoms with van der Waals surface area (Å²) in [7, 11) is 0. The lowest BCUT2D eigenvalue weighted by molar-refractivity contribution is 0.652. The molecule has 0 atom stereocenters. The van der Waals surface area contributed by atoms with Crippen molar-refractivity contribution >= 4 is 87.9 Å². The number of furan rings is 1. The standard InChI is InChI=1S/C46H28N2O/c1-3-12-34(13-4-1)47(35-14-5-2-6-15-35)36-23-21-29(22-24-36)30-19-20-31-26-39-42(28-33(31)25-30)49-46-44(39)40-27-32-11-7-8-16-37(32)43-38-17-9-10-18-41(38)48(46)45(40)43/h1-28H. The Balaban J connectivity index is 1.06. The third kappa shape index (κ3) is 3.78. The fourth-order valence-corrected chi connectivity index (χ4v) is 8.07. The molecule has 3 aromatic heterocycles. The van der Waals surface area contributed by atoms with E-state index in [9.17, 15) is 0 Å². The van der Waals surface area contributed by atoms with Crippen LogP contribution in [0, 0.1) is 0 Å². The summed E-state index contributed by atoms with van der Waals surface area (Å²) >= 11 is 0. The topological polar surface area (TPSA) is 20.8 Å². The summed E-state index contributed by atoms with van der Waals surface area (Å²) in [6.45, 7) is 0. The summed E-state index contributed by atoms with van der Waals surface area (Å²) in [5.41, 5.74) is 9.99. The molecule has 0 aliphatic rings. The molecule has 0 saturated heterocycles. The SMILES string of the molecule is c1ccc(N(c2ccccc2)c2ccc(-c3ccc4cc5c(cc4c3)oc3c5c4cc5ccccc5c5c6ccccc6n3c45)cc2)cc1. The minimum atomic E-state index is 0.913. The fraction of sp³-hybridized carbons (Fsp3) is 0. The van der Waals surface area contributed by atoms with E-state index in [-0.39, 0.29) is 0 Å². The molecule has 3 nitrogen and oxygen atoms in total. The van der Waals surface area contributed by atoms with E-state index in [2.05, 4.69) is 179 Å². The van der Waals surface area contributed by atoms with Crippen molar-refractivity contribution in [2.24, 2.45) is 0 Å². The minimum absolute atomic E-state index is 0.913. The second-order valence-corrected chi connectivity index (χ2v) is 13.0. The molecule has 0 N–H and O–H groups in total. The van der Waals surface area contributed by atoms with Crippen LogP contribution in [0.1, 0.15) is 0 Å². The molecular weight excluding hydrogens is 597 g/mol. The first-order chi connectivity index (χ1) is 24.3. The number of rotatable bonds is 4. The van der Waals surface area contributed by atoms with Crippen LogP contribution in [0.25, 0.3) is 81.9 Å². The Morgan fingerprint density at radius 2 is 1.04 bits per heavy atom. The van der Waals surface area contributed by atoms with Gasteiger partial charge in [-0.3, -0.25) is 4.40 Å². The molecule has 0 bridgehead atoms. The molecule has 3 heteroatoms. The predicted molar refractivity (Wildman–Crippen MR) is 206 cm³/mol. The highest BCUT2D eigenvalue weighted by molar-refractivity contribution is 6.34. The minimum Gasteiger partial charge on any atom is -0.439 e. The summed E-state index contributed by atoms with van der Waals surface area (Å²) in [5, 5.41) is 11.1. The van der Waals surface area contributed by atoms with Crippen LogP contribution in [-0.2, 0) is 0 Å². The average molecular weight is 625 g/mol. The van der Waals surface area contributed by atoms with Crippen LogP contribution in [0.15, 0.2) is 174 Å². The molecule has 228 valence electrons. The molecule has 8 aromatic carbocycles. The third-order valence-corrected chi connectivity index (χ3v) is 10.2. The molecule has 49 heavy (non-hydrogen) atoms. The average Bonchev–Trinajstić information content (AvgIpc) is 3.80. The van der Waals surface area contributed by atoms with Gasteiger partial charge in [0.25, 0.3) is 0 Å². The van der Waals surface area contributed by atoms with Crippen molar-refractivity contribution in [1.82, 2.24) is 4.40 Å². The summed E-state index contributed by atoms with van der Waals surface area (Å²) in [6.07, 6.45) is 0. The van der Waals surface area contributed by atoms with E-state index in [4.69, 9.17) is 4.42 Å². The molecule has 11 rings (SSSR count). The van der Waals surface area contributed by atoms with Gasteiger partial charge in [0.15, 0.2) is 0 Å². The second-order valence-electron chi connectivity index (χ2n) is 13.0. The maximum Gasteiger partial charge on any atom is 0.213 e. The zero-order valence-corrected chi connectivity index (χ0v) is 26.5. The third-order valence-electron chi connectivity index (χ3n) is 10.2. The Labute approximate surface area is 281 Å². The Morgan fingerprint density at radius 3 is 1.82 bits per heavy atom. The van der Waals surface area contributed by atoms with E-state index in [0.29, 0.717) is 0 Å². The van der Waals surface area contributed by atoms with Gasteiger partial charge in [-0.2, -0.15) is 0 Å². The molecule has 0 radical (unpaired) electrons. The van der Waals surface area contributed by atoms with Gasteiger partial charge in [-0.05, 0) is 99.4 Å². The van der Waals surface area contributed by atoms with E-state index in [0.717, 1.165) is 39.1 Å². The maximum absolute atomic E-state index is 6.81. The van der Waals surface area contributed by atoms with Crippen molar-refractivity contribution in [2.75, 3.05) is 4.90 Å². The number of aromatic nitrogens is 1. The lowest BCUT2D eigenvalue weighted by Gasteiger charge is -2.25. The van der Waals surface area contributed by atoms with Gasteiger partial charge in [0.2, 0.25) is 5.71 Å². The highest BCUT2D eigenvalue weighted by Gasteiger charge is 2.24. The first-order valence-corrected chi connectivity index (χ1v) is 16.8. The largest absolute Gasteiger partial charge is 0.439 e. The van der Waals surface area contributed by atoms with Gasteiger partial charge in [0, 0.05) is 38.6 Å². The Morgan fingerprint density at radius 1 is 0.408 bits per heavy atom. The summed E-state index contributed by atoms with van der Waals surface area (Å²) in [5.74, 6) is 0. The van der Waals surface area contributed by atoms with Crippen LogP contribution in [0.3, 0.4) is 0 Å². The first kappa shape index (κ1) is 26.5. The van der Waals surface area contributed by atoms with Gasteiger partial charge in [-0.15, -0.1) is 0 Å². The lowest BCUT2D eigenvalue weighted by Crippen LogP contribution is -2.09. The van der Waals surface area contributed by atoms with Crippen molar-refractivity contribution in [3.63, 3.8) is 0 Å². The summed E-state index contributed by atoms with van der Waals surface area (Å²) in [4.78, 5) is 2.29. The van der Waals surface area contributed by atoms with Gasteiger partial charge in [0.1, 0.15) is 5.58 Å². The number of hydrogen-bond donors (Lipinski definition) is 0. The lowest BCUT2D eigenvalue weighted by atomic mass is 9.98. The van der Waals surface area contributed by atoms with Crippen molar-refractivity contribution < 1.29 is 4.42 Å². The highest BCUT2D eigenvalue weighted by Crippen LogP contribution is 2.46. The van der Waals surface area contributed by atoms with Crippen LogP contribution in [0.2, 0.25) is 0 Å². The molecule has 0 unspecified atom stereocenters. The van der Waals surface area contributed by atoms with E-state index in [1.807, 2.05) is 0 Å². The summed E-state index contributed by atoms with van der Waals surface area (Å²) < 4.78 is 9.15. The molecule has 0 aliphatic heterocycles. The zero-order chi connectivity index (χ0) is 32.1. The normalized spacial score (nSPS) is 12.1. The molecule has 3 heterocycles. The number of nitrogens with zero attached hydrogens (tertiary/aromatic N) is 2. The Hall–Kier alpha value is -6.58. The molecule has 11 aromatic rings. The molecule has 0 fully saturated rings.